The molecule has 0 unspecified atom stereocenters. The van der Waals surface area contributed by atoms with E-state index in [1.165, 1.54) is 12.1 Å². The molecule has 0 N–H and O–H groups in total. The highest BCUT2D eigenvalue weighted by atomic mass is 19.1. The lowest BCUT2D eigenvalue weighted by molar-refractivity contribution is 0.260. The molecular weight excluding hydrogens is 405 g/mol. The average molecular weight is 429 g/mol. The number of benzene rings is 2. The van der Waals surface area contributed by atoms with Gasteiger partial charge in [0.1, 0.15) is 23.7 Å². The Morgan fingerprint density at radius 1 is 0.938 bits per heavy atom. The Labute approximate surface area is 186 Å². The van der Waals surface area contributed by atoms with Crippen molar-refractivity contribution in [2.24, 2.45) is 0 Å². The molecule has 6 nitrogen and oxygen atoms in total. The largest absolute Gasteiger partial charge is 0.438 e. The Hall–Kier alpha value is -3.58. The number of anilines is 1. The minimum Gasteiger partial charge on any atom is -0.438 e. The van der Waals surface area contributed by atoms with E-state index in [2.05, 4.69) is 24.8 Å². The van der Waals surface area contributed by atoms with E-state index in [4.69, 9.17) is 4.74 Å². The molecule has 3 heterocycles. The third-order valence-electron chi connectivity index (χ3n) is 5.81. The standard InChI is InChI=1S/C25H24FN5O/c26-21-6-4-19(5-7-21)9-11-30-12-14-31(15-13-30)24-16-25(29-18-28-24)32-23-3-1-2-20-8-10-27-17-22(20)23/h1-8,10,16-18H,9,11-15H2. The smallest absolute Gasteiger partial charge is 0.224 e. The highest BCUT2D eigenvalue weighted by Crippen LogP contribution is 2.29. The van der Waals surface area contributed by atoms with Crippen molar-refractivity contribution in [3.05, 3.63) is 84.7 Å². The van der Waals surface area contributed by atoms with Crippen LogP contribution in [0.25, 0.3) is 10.8 Å². The maximum Gasteiger partial charge on any atom is 0.224 e. The summed E-state index contributed by atoms with van der Waals surface area (Å²) in [5.41, 5.74) is 1.16. The third-order valence-corrected chi connectivity index (χ3v) is 5.81. The van der Waals surface area contributed by atoms with Gasteiger partial charge in [-0.2, -0.15) is 0 Å². The van der Waals surface area contributed by atoms with Crippen molar-refractivity contribution in [3.8, 4) is 11.6 Å². The number of nitrogens with zero attached hydrogens (tertiary/aromatic N) is 5. The van der Waals surface area contributed by atoms with Crippen LogP contribution >= 0.6 is 0 Å². The van der Waals surface area contributed by atoms with E-state index in [-0.39, 0.29) is 5.82 Å². The van der Waals surface area contributed by atoms with Crippen molar-refractivity contribution in [2.45, 2.75) is 6.42 Å². The Morgan fingerprint density at radius 3 is 2.62 bits per heavy atom. The summed E-state index contributed by atoms with van der Waals surface area (Å²) < 4.78 is 19.2. The fourth-order valence-electron chi connectivity index (χ4n) is 3.98. The van der Waals surface area contributed by atoms with Gasteiger partial charge < -0.3 is 9.64 Å². The predicted octanol–water partition coefficient (Wildman–Crippen LogP) is 4.32. The van der Waals surface area contributed by atoms with Crippen LogP contribution in [0.1, 0.15) is 5.56 Å². The van der Waals surface area contributed by atoms with Crippen LogP contribution in [-0.4, -0.2) is 52.6 Å². The number of rotatable bonds is 6. The number of pyridine rings is 1. The second-order valence-corrected chi connectivity index (χ2v) is 7.87. The molecule has 1 saturated heterocycles. The Bertz CT molecular complexity index is 1190. The van der Waals surface area contributed by atoms with E-state index >= 15 is 0 Å². The molecule has 32 heavy (non-hydrogen) atoms. The van der Waals surface area contributed by atoms with Gasteiger partial charge in [-0.15, -0.1) is 0 Å². The maximum absolute atomic E-state index is 13.1. The number of ether oxygens (including phenoxy) is 1. The van der Waals surface area contributed by atoms with Gasteiger partial charge in [-0.3, -0.25) is 9.88 Å². The fourth-order valence-corrected chi connectivity index (χ4v) is 3.98. The summed E-state index contributed by atoms with van der Waals surface area (Å²) in [6.07, 6.45) is 6.05. The van der Waals surface area contributed by atoms with E-state index in [9.17, 15) is 4.39 Å². The lowest BCUT2D eigenvalue weighted by atomic mass is 10.1. The normalized spacial score (nSPS) is 14.6. The molecule has 0 amide bonds. The Balaban J connectivity index is 1.20. The molecule has 0 radical (unpaired) electrons. The zero-order valence-electron chi connectivity index (χ0n) is 17.7. The first-order chi connectivity index (χ1) is 15.7. The molecule has 0 atom stereocenters. The minimum atomic E-state index is -0.187. The van der Waals surface area contributed by atoms with Gasteiger partial charge in [0, 0.05) is 56.6 Å². The summed E-state index contributed by atoms with van der Waals surface area (Å²) in [5, 5.41) is 2.02. The monoisotopic (exact) mass is 429 g/mol. The summed E-state index contributed by atoms with van der Waals surface area (Å²) in [7, 11) is 0. The van der Waals surface area contributed by atoms with Gasteiger partial charge in [0.25, 0.3) is 0 Å². The van der Waals surface area contributed by atoms with Crippen molar-refractivity contribution in [1.82, 2.24) is 19.9 Å². The lowest BCUT2D eigenvalue weighted by Gasteiger charge is -2.35. The molecule has 162 valence electrons. The molecule has 2 aromatic carbocycles. The first-order valence-corrected chi connectivity index (χ1v) is 10.8. The van der Waals surface area contributed by atoms with Crippen molar-refractivity contribution < 1.29 is 9.13 Å². The first kappa shape index (κ1) is 20.3. The van der Waals surface area contributed by atoms with Crippen LogP contribution in [0, 0.1) is 5.82 Å². The second-order valence-electron chi connectivity index (χ2n) is 7.87. The molecule has 0 saturated carbocycles. The van der Waals surface area contributed by atoms with Crippen molar-refractivity contribution in [1.29, 1.82) is 0 Å². The molecule has 0 bridgehead atoms. The Kier molecular flexibility index (Phi) is 5.89. The van der Waals surface area contributed by atoms with Crippen molar-refractivity contribution in [2.75, 3.05) is 37.6 Å². The zero-order chi connectivity index (χ0) is 21.8. The third kappa shape index (κ3) is 4.68. The van der Waals surface area contributed by atoms with Gasteiger partial charge >= 0.3 is 0 Å². The van der Waals surface area contributed by atoms with Gasteiger partial charge in [0.2, 0.25) is 5.88 Å². The number of halogens is 1. The molecule has 1 aliphatic heterocycles. The van der Waals surface area contributed by atoms with Crippen LogP contribution in [0.15, 0.2) is 73.3 Å². The molecule has 1 fully saturated rings. The zero-order valence-corrected chi connectivity index (χ0v) is 17.7. The van der Waals surface area contributed by atoms with Crippen LogP contribution in [0.3, 0.4) is 0 Å². The summed E-state index contributed by atoms with van der Waals surface area (Å²) in [4.78, 5) is 17.7. The summed E-state index contributed by atoms with van der Waals surface area (Å²) >= 11 is 0. The maximum atomic E-state index is 13.1. The molecule has 0 aliphatic carbocycles. The number of piperazine rings is 1. The quantitative estimate of drug-likeness (QED) is 0.455. The summed E-state index contributed by atoms with van der Waals surface area (Å²) in [6.45, 7) is 4.65. The van der Waals surface area contributed by atoms with Crippen LogP contribution < -0.4 is 9.64 Å². The summed E-state index contributed by atoms with van der Waals surface area (Å²) in [6, 6.07) is 16.5. The van der Waals surface area contributed by atoms with Gasteiger partial charge in [0.15, 0.2) is 0 Å². The van der Waals surface area contributed by atoms with E-state index in [0.717, 1.165) is 67.0 Å². The van der Waals surface area contributed by atoms with Gasteiger partial charge in [0.05, 0.1) is 0 Å². The Morgan fingerprint density at radius 2 is 1.78 bits per heavy atom. The molecular formula is C25H24FN5O. The minimum absolute atomic E-state index is 0.187. The van der Waals surface area contributed by atoms with Crippen molar-refractivity contribution >= 4 is 16.6 Å². The number of fused-ring (bicyclic) bond motifs is 1. The van der Waals surface area contributed by atoms with E-state index in [1.54, 1.807) is 18.7 Å². The van der Waals surface area contributed by atoms with Crippen molar-refractivity contribution in [3.63, 3.8) is 0 Å². The van der Waals surface area contributed by atoms with Crippen LogP contribution in [0.5, 0.6) is 11.6 Å². The van der Waals surface area contributed by atoms with Crippen LogP contribution in [0.4, 0.5) is 10.2 Å². The van der Waals surface area contributed by atoms with Crippen LogP contribution in [0.2, 0.25) is 0 Å². The number of hydrogen-bond acceptors (Lipinski definition) is 6. The average Bonchev–Trinajstić information content (AvgIpc) is 2.84. The molecule has 5 rings (SSSR count). The van der Waals surface area contributed by atoms with E-state index in [0.29, 0.717) is 5.88 Å². The summed E-state index contributed by atoms with van der Waals surface area (Å²) in [5.74, 6) is 1.93. The molecule has 2 aromatic heterocycles. The predicted molar refractivity (Wildman–Crippen MR) is 123 cm³/mol. The van der Waals surface area contributed by atoms with E-state index < -0.39 is 0 Å². The second kappa shape index (κ2) is 9.28. The number of hydrogen-bond donors (Lipinski definition) is 0. The topological polar surface area (TPSA) is 54.4 Å². The highest BCUT2D eigenvalue weighted by Gasteiger charge is 2.19. The van der Waals surface area contributed by atoms with Gasteiger partial charge in [-0.05, 0) is 41.6 Å². The van der Waals surface area contributed by atoms with Gasteiger partial charge in [-0.1, -0.05) is 24.3 Å². The van der Waals surface area contributed by atoms with E-state index in [1.807, 2.05) is 42.5 Å². The lowest BCUT2D eigenvalue weighted by Crippen LogP contribution is -2.47. The molecule has 4 aromatic rings. The fraction of sp³-hybridized carbons (Fsp3) is 0.240. The highest BCUT2D eigenvalue weighted by molar-refractivity contribution is 5.87. The molecule has 1 aliphatic rings. The molecule has 7 heteroatoms. The van der Waals surface area contributed by atoms with Crippen LogP contribution in [-0.2, 0) is 6.42 Å². The van der Waals surface area contributed by atoms with Gasteiger partial charge in [-0.25, -0.2) is 14.4 Å². The number of aromatic nitrogens is 3. The SMILES string of the molecule is Fc1ccc(CCN2CCN(c3cc(Oc4cccc5ccncc45)ncn3)CC2)cc1. The first-order valence-electron chi connectivity index (χ1n) is 10.8. The molecule has 0 spiro atoms.